The van der Waals surface area contributed by atoms with E-state index in [-0.39, 0.29) is 18.3 Å². The molecule has 0 unspecified atom stereocenters. The first-order valence-electron chi connectivity index (χ1n) is 8.00. The summed E-state index contributed by atoms with van der Waals surface area (Å²) in [5.74, 6) is 0.963. The normalized spacial score (nSPS) is 16.0. The summed E-state index contributed by atoms with van der Waals surface area (Å²) in [5, 5.41) is 6.17. The van der Waals surface area contributed by atoms with E-state index >= 15 is 0 Å². The largest absolute Gasteiger partial charge is 0.326 e. The Labute approximate surface area is 140 Å². The van der Waals surface area contributed by atoms with Gasteiger partial charge in [0, 0.05) is 18.7 Å². The number of carbonyl (C=O) groups is 1. The lowest BCUT2D eigenvalue weighted by Gasteiger charge is -2.31. The fourth-order valence-corrected chi connectivity index (χ4v) is 2.85. The highest BCUT2D eigenvalue weighted by molar-refractivity contribution is 5.90. The van der Waals surface area contributed by atoms with Gasteiger partial charge in [-0.05, 0) is 64.0 Å². The number of para-hydroxylation sites is 1. The zero-order valence-electron chi connectivity index (χ0n) is 13.4. The third-order valence-corrected chi connectivity index (χ3v) is 4.22. The zero-order chi connectivity index (χ0) is 14.9. The summed E-state index contributed by atoms with van der Waals surface area (Å²) < 4.78 is 0. The number of carbonyl (C=O) groups excluding carboxylic acids is 1. The Balaban J connectivity index is 0.00000242. The molecule has 1 aliphatic heterocycles. The molecule has 1 amide bonds. The second kappa shape index (κ2) is 10.6. The van der Waals surface area contributed by atoms with E-state index in [1.54, 1.807) is 0 Å². The molecule has 0 aromatic heterocycles. The topological polar surface area (TPSA) is 44.4 Å². The lowest BCUT2D eigenvalue weighted by molar-refractivity contribution is -0.116. The minimum absolute atomic E-state index is 0. The van der Waals surface area contributed by atoms with E-state index in [9.17, 15) is 4.79 Å². The van der Waals surface area contributed by atoms with Gasteiger partial charge in [0.15, 0.2) is 0 Å². The van der Waals surface area contributed by atoms with Crippen LogP contribution in [0.4, 0.5) is 5.69 Å². The van der Waals surface area contributed by atoms with Crippen molar-refractivity contribution in [1.29, 1.82) is 0 Å². The smallest absolute Gasteiger partial charge is 0.225 e. The molecule has 0 saturated carbocycles. The monoisotopic (exact) mass is 325 g/mol. The van der Waals surface area contributed by atoms with E-state index in [1.165, 1.54) is 19.3 Å². The van der Waals surface area contributed by atoms with Crippen molar-refractivity contribution in [3.8, 4) is 0 Å². The van der Waals surface area contributed by atoms with Gasteiger partial charge in [-0.25, -0.2) is 0 Å². The Bertz CT molecular complexity index is 419. The third-order valence-electron chi connectivity index (χ3n) is 4.22. The summed E-state index contributed by atoms with van der Waals surface area (Å²) >= 11 is 0. The second-order valence-electron chi connectivity index (χ2n) is 5.84. The van der Waals surface area contributed by atoms with Crippen LogP contribution in [0, 0.1) is 5.92 Å². The molecule has 22 heavy (non-hydrogen) atoms. The van der Waals surface area contributed by atoms with Gasteiger partial charge >= 0.3 is 0 Å². The van der Waals surface area contributed by atoms with E-state index < -0.39 is 0 Å². The van der Waals surface area contributed by atoms with Crippen molar-refractivity contribution in [2.24, 2.45) is 5.92 Å². The first kappa shape index (κ1) is 18.9. The van der Waals surface area contributed by atoms with Gasteiger partial charge in [-0.2, -0.15) is 0 Å². The van der Waals surface area contributed by atoms with Crippen LogP contribution < -0.4 is 10.6 Å². The molecule has 2 rings (SSSR count). The van der Waals surface area contributed by atoms with Crippen molar-refractivity contribution in [2.75, 3.05) is 38.5 Å². The minimum Gasteiger partial charge on any atom is -0.326 e. The summed E-state index contributed by atoms with van der Waals surface area (Å²) in [5.41, 5.74) is 0.883. The summed E-state index contributed by atoms with van der Waals surface area (Å²) in [6.07, 6.45) is 4.39. The maximum Gasteiger partial charge on any atom is 0.225 e. The van der Waals surface area contributed by atoms with Crippen LogP contribution in [0.2, 0.25) is 0 Å². The van der Waals surface area contributed by atoms with Crippen LogP contribution in [0.5, 0.6) is 0 Å². The highest BCUT2D eigenvalue weighted by atomic mass is 35.5. The number of anilines is 1. The van der Waals surface area contributed by atoms with E-state index in [4.69, 9.17) is 0 Å². The quantitative estimate of drug-likeness (QED) is 0.810. The molecule has 5 heteroatoms. The molecule has 1 aromatic rings. The molecular formula is C17H28ClN3O. The maximum atomic E-state index is 11.9. The molecule has 1 saturated heterocycles. The molecular weight excluding hydrogens is 298 g/mol. The van der Waals surface area contributed by atoms with Crippen LogP contribution in [0.1, 0.15) is 25.7 Å². The van der Waals surface area contributed by atoms with Gasteiger partial charge in [0.05, 0.1) is 0 Å². The zero-order valence-corrected chi connectivity index (χ0v) is 14.2. The Hall–Kier alpha value is -1.10. The molecule has 1 aliphatic rings. The number of rotatable bonds is 7. The number of benzene rings is 1. The lowest BCUT2D eigenvalue weighted by Crippen LogP contribution is -2.36. The predicted molar refractivity (Wildman–Crippen MR) is 94.6 cm³/mol. The Morgan fingerprint density at radius 1 is 1.23 bits per heavy atom. The maximum absolute atomic E-state index is 11.9. The van der Waals surface area contributed by atoms with Crippen LogP contribution >= 0.6 is 12.4 Å². The fourth-order valence-electron chi connectivity index (χ4n) is 2.85. The van der Waals surface area contributed by atoms with E-state index in [2.05, 4.69) is 15.5 Å². The fraction of sp³-hybridized carbons (Fsp3) is 0.588. The summed E-state index contributed by atoms with van der Waals surface area (Å²) in [6, 6.07) is 9.67. The first-order chi connectivity index (χ1) is 10.3. The molecule has 1 fully saturated rings. The second-order valence-corrected chi connectivity index (χ2v) is 5.84. The lowest BCUT2D eigenvalue weighted by atomic mass is 9.93. The number of halogens is 1. The molecule has 1 heterocycles. The van der Waals surface area contributed by atoms with Crippen LogP contribution in [0.3, 0.4) is 0 Å². The van der Waals surface area contributed by atoms with Gasteiger partial charge in [-0.3, -0.25) is 4.79 Å². The Morgan fingerprint density at radius 3 is 2.55 bits per heavy atom. The molecule has 124 valence electrons. The van der Waals surface area contributed by atoms with Gasteiger partial charge in [0.1, 0.15) is 0 Å². The number of amides is 1. The number of nitrogens with zero attached hydrogens (tertiary/aromatic N) is 1. The number of piperidine rings is 1. The summed E-state index contributed by atoms with van der Waals surface area (Å²) in [4.78, 5) is 14.3. The molecule has 0 atom stereocenters. The van der Waals surface area contributed by atoms with Gasteiger partial charge in [0.25, 0.3) is 0 Å². The Morgan fingerprint density at radius 2 is 1.91 bits per heavy atom. The van der Waals surface area contributed by atoms with Crippen molar-refractivity contribution >= 4 is 24.0 Å². The average Bonchev–Trinajstić information content (AvgIpc) is 2.53. The van der Waals surface area contributed by atoms with Crippen molar-refractivity contribution in [1.82, 2.24) is 10.2 Å². The Kier molecular flexibility index (Phi) is 9.13. The minimum atomic E-state index is 0. The predicted octanol–water partition coefficient (Wildman–Crippen LogP) is 2.76. The van der Waals surface area contributed by atoms with Crippen molar-refractivity contribution in [3.05, 3.63) is 30.3 Å². The van der Waals surface area contributed by atoms with Gasteiger partial charge < -0.3 is 15.5 Å². The molecule has 0 spiro atoms. The van der Waals surface area contributed by atoms with Crippen molar-refractivity contribution in [2.45, 2.75) is 25.7 Å². The van der Waals surface area contributed by atoms with Crippen LogP contribution in [0.25, 0.3) is 0 Å². The van der Waals surface area contributed by atoms with E-state index in [0.717, 1.165) is 37.8 Å². The van der Waals surface area contributed by atoms with Gasteiger partial charge in [-0.15, -0.1) is 12.4 Å². The highest BCUT2D eigenvalue weighted by Crippen LogP contribution is 2.20. The molecule has 2 N–H and O–H groups in total. The third kappa shape index (κ3) is 6.77. The van der Waals surface area contributed by atoms with E-state index in [1.807, 2.05) is 37.4 Å². The first-order valence-corrected chi connectivity index (χ1v) is 8.00. The standard InChI is InChI=1S/C17H27N3O.ClH/c1-18-11-7-15-8-12-20(13-9-15)14-10-17(21)19-16-5-3-2-4-6-16;/h2-6,15,18H,7-14H2,1H3,(H,19,21);1H. The van der Waals surface area contributed by atoms with Crippen molar-refractivity contribution in [3.63, 3.8) is 0 Å². The van der Waals surface area contributed by atoms with Gasteiger partial charge in [0.2, 0.25) is 5.91 Å². The number of hydrogen-bond acceptors (Lipinski definition) is 3. The summed E-state index contributed by atoms with van der Waals surface area (Å²) in [7, 11) is 2.01. The SMILES string of the molecule is CNCCC1CCN(CCC(=O)Nc2ccccc2)CC1.Cl. The summed E-state index contributed by atoms with van der Waals surface area (Å²) in [6.45, 7) is 4.25. The number of hydrogen-bond donors (Lipinski definition) is 2. The highest BCUT2D eigenvalue weighted by Gasteiger charge is 2.19. The molecule has 4 nitrogen and oxygen atoms in total. The van der Waals surface area contributed by atoms with Crippen LogP contribution in [-0.2, 0) is 4.79 Å². The molecule has 0 aliphatic carbocycles. The number of likely N-dealkylation sites (tertiary alicyclic amines) is 1. The van der Waals surface area contributed by atoms with E-state index in [0.29, 0.717) is 6.42 Å². The number of nitrogens with one attached hydrogen (secondary N) is 2. The molecule has 0 radical (unpaired) electrons. The van der Waals surface area contributed by atoms with Crippen LogP contribution in [-0.4, -0.2) is 44.0 Å². The molecule has 0 bridgehead atoms. The molecule has 1 aromatic carbocycles. The average molecular weight is 326 g/mol. The van der Waals surface area contributed by atoms with Crippen LogP contribution in [0.15, 0.2) is 30.3 Å². The van der Waals surface area contributed by atoms with Crippen molar-refractivity contribution < 1.29 is 4.79 Å². The van der Waals surface area contributed by atoms with Gasteiger partial charge in [-0.1, -0.05) is 18.2 Å².